The molecule has 0 aliphatic heterocycles. The van der Waals surface area contributed by atoms with Gasteiger partial charge in [-0.2, -0.15) is 10.5 Å². The normalized spacial score (nSPS) is 12.0. The third kappa shape index (κ3) is 4.91. The monoisotopic (exact) mass is 894 g/mol. The third-order valence-corrected chi connectivity index (χ3v) is 15.6. The Morgan fingerprint density at radius 2 is 0.565 bits per heavy atom. The fourth-order valence-corrected chi connectivity index (χ4v) is 12.9. The highest BCUT2D eigenvalue weighted by atomic mass is 32.1. The van der Waals surface area contributed by atoms with Crippen molar-refractivity contribution in [3.8, 4) is 34.9 Å². The SMILES string of the molecule is N#Cc1c(C#N)c(-n2c3ccccc3c3c4c(ccc32)sc2ccccc24)c(-n2c3ccccc3c3ccccc32)c(-n2c3ccccc3c3ccccc32)c1-n1c2ccccc2c2ccccc21. The van der Waals surface area contributed by atoms with Gasteiger partial charge in [0.1, 0.15) is 12.1 Å². The van der Waals surface area contributed by atoms with Crippen LogP contribution < -0.4 is 0 Å². The number of aromatic nitrogens is 4. The molecule has 0 saturated heterocycles. The molecule has 5 heterocycles. The lowest BCUT2D eigenvalue weighted by molar-refractivity contribution is 1.01. The van der Waals surface area contributed by atoms with Crippen LogP contribution in [0.2, 0.25) is 0 Å². The minimum atomic E-state index is 0.286. The molecule has 318 valence electrons. The summed E-state index contributed by atoms with van der Waals surface area (Å²) in [5.41, 5.74) is 11.1. The van der Waals surface area contributed by atoms with Crippen LogP contribution in [0, 0.1) is 22.7 Å². The molecule has 0 spiro atoms. The van der Waals surface area contributed by atoms with E-state index in [1.54, 1.807) is 11.3 Å². The van der Waals surface area contributed by atoms with Crippen molar-refractivity contribution in [3.63, 3.8) is 0 Å². The molecule has 10 aromatic carbocycles. The topological polar surface area (TPSA) is 67.3 Å². The summed E-state index contributed by atoms with van der Waals surface area (Å²) in [6.07, 6.45) is 0. The van der Waals surface area contributed by atoms with Crippen LogP contribution >= 0.6 is 11.3 Å². The molecule has 69 heavy (non-hydrogen) atoms. The fraction of sp³-hybridized carbons (Fsp3) is 0. The average molecular weight is 895 g/mol. The summed E-state index contributed by atoms with van der Waals surface area (Å²) < 4.78 is 11.7. The van der Waals surface area contributed by atoms with Crippen LogP contribution in [0.15, 0.2) is 206 Å². The van der Waals surface area contributed by atoms with Gasteiger partial charge < -0.3 is 18.3 Å². The molecule has 7 heteroatoms. The van der Waals surface area contributed by atoms with Crippen LogP contribution in [0.1, 0.15) is 11.1 Å². The highest BCUT2D eigenvalue weighted by molar-refractivity contribution is 7.26. The first-order chi connectivity index (χ1) is 34.2. The summed E-state index contributed by atoms with van der Waals surface area (Å²) >= 11 is 1.80. The van der Waals surface area contributed by atoms with Crippen LogP contribution in [0.4, 0.5) is 0 Å². The van der Waals surface area contributed by atoms with Crippen LogP contribution in [0.3, 0.4) is 0 Å². The Bertz CT molecular complexity index is 4660. The van der Waals surface area contributed by atoms with Gasteiger partial charge in [0.25, 0.3) is 0 Å². The van der Waals surface area contributed by atoms with Gasteiger partial charge in [0.15, 0.2) is 0 Å². The third-order valence-electron chi connectivity index (χ3n) is 14.4. The van der Waals surface area contributed by atoms with Crippen molar-refractivity contribution < 1.29 is 0 Å². The zero-order valence-corrected chi connectivity index (χ0v) is 37.5. The van der Waals surface area contributed by atoms with Gasteiger partial charge in [-0.1, -0.05) is 146 Å². The molecule has 0 aliphatic carbocycles. The molecule has 15 rings (SSSR count). The number of rotatable bonds is 4. The Balaban J connectivity index is 1.29. The van der Waals surface area contributed by atoms with Gasteiger partial charge in [0, 0.05) is 63.3 Å². The molecule has 0 bridgehead atoms. The summed E-state index contributed by atoms with van der Waals surface area (Å²) in [7, 11) is 0. The van der Waals surface area contributed by atoms with E-state index in [-0.39, 0.29) is 11.1 Å². The van der Waals surface area contributed by atoms with Crippen LogP contribution in [-0.2, 0) is 0 Å². The molecular weight excluding hydrogens is 861 g/mol. The number of benzene rings is 10. The smallest absolute Gasteiger partial charge is 0.103 e. The molecule has 0 N–H and O–H groups in total. The van der Waals surface area contributed by atoms with E-state index in [0.717, 1.165) is 98.6 Å². The largest absolute Gasteiger partial charge is 0.306 e. The summed E-state index contributed by atoms with van der Waals surface area (Å²) in [6, 6.07) is 78.3. The molecule has 15 aromatic rings. The van der Waals surface area contributed by atoms with Gasteiger partial charge in [0.2, 0.25) is 0 Å². The first-order valence-electron chi connectivity index (χ1n) is 23.1. The highest BCUT2D eigenvalue weighted by Gasteiger charge is 2.35. The van der Waals surface area contributed by atoms with Crippen molar-refractivity contribution in [2.24, 2.45) is 0 Å². The Labute approximate surface area is 397 Å². The van der Waals surface area contributed by atoms with E-state index in [9.17, 15) is 10.5 Å². The van der Waals surface area contributed by atoms with Gasteiger partial charge in [-0.25, -0.2) is 0 Å². The predicted octanol–water partition coefficient (Wildman–Crippen LogP) is 16.2. The minimum absolute atomic E-state index is 0.286. The fourth-order valence-electron chi connectivity index (χ4n) is 11.8. The maximum absolute atomic E-state index is 12.2. The Morgan fingerprint density at radius 1 is 0.261 bits per heavy atom. The van der Waals surface area contributed by atoms with Crippen LogP contribution in [0.5, 0.6) is 0 Å². The number of hydrogen-bond acceptors (Lipinski definition) is 3. The summed E-state index contributed by atoms with van der Waals surface area (Å²) in [6.45, 7) is 0. The molecular formula is C62H34N6S. The molecule has 6 nitrogen and oxygen atoms in total. The molecule has 0 amide bonds. The average Bonchev–Trinajstić information content (AvgIpc) is 4.21. The molecule has 0 unspecified atom stereocenters. The maximum Gasteiger partial charge on any atom is 0.103 e. The van der Waals surface area contributed by atoms with Gasteiger partial charge >= 0.3 is 0 Å². The number of thiophene rings is 1. The van der Waals surface area contributed by atoms with E-state index >= 15 is 0 Å². The van der Waals surface area contributed by atoms with Crippen molar-refractivity contribution in [2.75, 3.05) is 0 Å². The zero-order valence-electron chi connectivity index (χ0n) is 36.7. The number of fused-ring (bicyclic) bond motifs is 16. The first-order valence-corrected chi connectivity index (χ1v) is 23.9. The lowest BCUT2D eigenvalue weighted by Gasteiger charge is -2.27. The first kappa shape index (κ1) is 37.8. The van der Waals surface area contributed by atoms with Gasteiger partial charge in [-0.15, -0.1) is 11.3 Å². The standard InChI is InChI=1S/C62H34N6S/c63-35-45-46(36-64)60(68-53-31-15-7-23-43(53)57-54(68)33-34-56-58(57)44-24-8-16-32-55(44)69-56)62(67-51-29-13-5-21-41(51)42-22-6-14-30-52(42)67)61(66-49-27-11-3-19-39(49)40-20-4-12-28-50(40)66)59(45)65-47-25-9-1-17-37(47)38-18-2-10-26-48(38)65/h1-34H. The lowest BCUT2D eigenvalue weighted by Crippen LogP contribution is -2.17. The van der Waals surface area contributed by atoms with Crippen molar-refractivity contribution in [1.82, 2.24) is 18.3 Å². The molecule has 0 atom stereocenters. The minimum Gasteiger partial charge on any atom is -0.306 e. The van der Waals surface area contributed by atoms with Gasteiger partial charge in [0.05, 0.1) is 78.0 Å². The van der Waals surface area contributed by atoms with Crippen molar-refractivity contribution in [2.45, 2.75) is 0 Å². The van der Waals surface area contributed by atoms with Gasteiger partial charge in [-0.05, 0) is 60.7 Å². The number of para-hydroxylation sites is 7. The quantitative estimate of drug-likeness (QED) is 0.177. The molecule has 0 saturated carbocycles. The van der Waals surface area contributed by atoms with Gasteiger partial charge in [-0.3, -0.25) is 0 Å². The number of nitrogens with zero attached hydrogens (tertiary/aromatic N) is 6. The van der Waals surface area contributed by atoms with E-state index in [1.807, 2.05) is 0 Å². The molecule has 0 fully saturated rings. The second-order valence-electron chi connectivity index (χ2n) is 17.8. The molecule has 0 aliphatic rings. The summed E-state index contributed by atoms with van der Waals surface area (Å²) in [4.78, 5) is 0. The molecule has 0 radical (unpaired) electrons. The molecule has 5 aromatic heterocycles. The number of nitriles is 2. The maximum atomic E-state index is 12.2. The van der Waals surface area contributed by atoms with Crippen LogP contribution in [0.25, 0.3) is 130 Å². The second kappa shape index (κ2) is 14.1. The van der Waals surface area contributed by atoms with E-state index in [0.29, 0.717) is 11.4 Å². The Hall–Kier alpha value is -9.40. The number of hydrogen-bond donors (Lipinski definition) is 0. The Morgan fingerprint density at radius 3 is 0.957 bits per heavy atom. The summed E-state index contributed by atoms with van der Waals surface area (Å²) in [5.74, 6) is 0. The van der Waals surface area contributed by atoms with E-state index in [2.05, 4.69) is 237 Å². The van der Waals surface area contributed by atoms with Crippen LogP contribution in [-0.4, -0.2) is 18.3 Å². The predicted molar refractivity (Wildman–Crippen MR) is 286 cm³/mol. The van der Waals surface area contributed by atoms with Crippen molar-refractivity contribution in [3.05, 3.63) is 217 Å². The van der Waals surface area contributed by atoms with Crippen molar-refractivity contribution >= 4 is 119 Å². The van der Waals surface area contributed by atoms with Crippen molar-refractivity contribution in [1.29, 1.82) is 10.5 Å². The second-order valence-corrected chi connectivity index (χ2v) is 18.8. The van der Waals surface area contributed by atoms with E-state index in [1.165, 1.54) is 20.2 Å². The Kier molecular flexibility index (Phi) is 7.70. The highest BCUT2D eigenvalue weighted by Crippen LogP contribution is 2.50. The van der Waals surface area contributed by atoms with E-state index < -0.39 is 0 Å². The zero-order chi connectivity index (χ0) is 45.5. The summed E-state index contributed by atoms with van der Waals surface area (Å²) in [5, 5.41) is 35.3. The van der Waals surface area contributed by atoms with E-state index in [4.69, 9.17) is 0 Å². The lowest BCUT2D eigenvalue weighted by atomic mass is 9.98.